The van der Waals surface area contributed by atoms with Crippen molar-refractivity contribution < 1.29 is 16.5 Å². The standard InChI is InChI=1S/C2H5.CH3.Ni/c1-2;;/h1H2,2H3;1H3;/q2*-1;+3. The number of hydrogen-bond donors (Lipinski definition) is 0. The predicted octanol–water partition coefficient (Wildman–Crippen LogP) is 1.29. The Morgan fingerprint density at radius 1 is 1.25 bits per heavy atom. The molecule has 0 atom stereocenters. The summed E-state index contributed by atoms with van der Waals surface area (Å²) < 4.78 is 0. The molecule has 0 fully saturated rings. The Balaban J connectivity index is -0.00000000500. The summed E-state index contributed by atoms with van der Waals surface area (Å²) in [4.78, 5) is 0. The van der Waals surface area contributed by atoms with Crippen LogP contribution in [0.25, 0.3) is 0 Å². The molecule has 1 heteroatoms. The third kappa shape index (κ3) is 22.8. The summed E-state index contributed by atoms with van der Waals surface area (Å²) in [6, 6.07) is 0. The van der Waals surface area contributed by atoms with Crippen LogP contribution in [0.2, 0.25) is 0 Å². The topological polar surface area (TPSA) is 0 Å². The minimum absolute atomic E-state index is 0. The fourth-order valence-electron chi connectivity index (χ4n) is 0. The Bertz CT molecular complexity index is 3.25. The molecule has 0 amide bonds. The fraction of sp³-hybridized carbons (Fsp3) is 0.333. The average molecular weight is 103 g/mol. The van der Waals surface area contributed by atoms with Crippen LogP contribution in [0.1, 0.15) is 6.92 Å². The van der Waals surface area contributed by atoms with Gasteiger partial charge in [0.2, 0.25) is 0 Å². The Labute approximate surface area is 38.5 Å². The van der Waals surface area contributed by atoms with Crippen LogP contribution >= 0.6 is 0 Å². The maximum Gasteiger partial charge on any atom is 3.00 e. The van der Waals surface area contributed by atoms with Crippen molar-refractivity contribution in [1.29, 1.82) is 0 Å². The second kappa shape index (κ2) is 89.2. The van der Waals surface area contributed by atoms with E-state index < -0.39 is 0 Å². The van der Waals surface area contributed by atoms with E-state index in [9.17, 15) is 0 Å². The molecule has 0 heterocycles. The van der Waals surface area contributed by atoms with Crippen LogP contribution in [-0.2, 0) is 16.5 Å². The predicted molar refractivity (Wildman–Crippen MR) is 17.4 cm³/mol. The van der Waals surface area contributed by atoms with Gasteiger partial charge in [0.05, 0.1) is 0 Å². The molecule has 0 N–H and O–H groups in total. The largest absolute Gasteiger partial charge is 3.00 e. The van der Waals surface area contributed by atoms with Crippen molar-refractivity contribution in [3.63, 3.8) is 0 Å². The summed E-state index contributed by atoms with van der Waals surface area (Å²) in [5.74, 6) is 0. The zero-order valence-electron chi connectivity index (χ0n) is 3.02. The maximum absolute atomic E-state index is 3.25. The van der Waals surface area contributed by atoms with E-state index in [4.69, 9.17) is 0 Å². The number of rotatable bonds is 0. The van der Waals surface area contributed by atoms with Gasteiger partial charge in [0, 0.05) is 0 Å². The van der Waals surface area contributed by atoms with Gasteiger partial charge in [-0.3, -0.25) is 0 Å². The van der Waals surface area contributed by atoms with Gasteiger partial charge in [-0.15, -0.1) is 0 Å². The minimum atomic E-state index is 0. The Morgan fingerprint density at radius 3 is 1.25 bits per heavy atom. The molecule has 1 radical (unpaired) electrons. The second-order valence-electron chi connectivity index (χ2n) is 0. The minimum Gasteiger partial charge on any atom is -0.358 e. The molecule has 0 aromatic rings. The molecule has 0 saturated heterocycles. The van der Waals surface area contributed by atoms with E-state index in [-0.39, 0.29) is 23.9 Å². The van der Waals surface area contributed by atoms with Crippen molar-refractivity contribution in [3.8, 4) is 0 Å². The van der Waals surface area contributed by atoms with E-state index in [0.29, 0.717) is 0 Å². The second-order valence-corrected chi connectivity index (χ2v) is 0. The molecule has 0 aromatic heterocycles. The first-order valence-electron chi connectivity index (χ1n) is 0.707. The van der Waals surface area contributed by atoms with Gasteiger partial charge >= 0.3 is 16.5 Å². The summed E-state index contributed by atoms with van der Waals surface area (Å²) in [5.41, 5.74) is 0. The molecule has 0 aliphatic heterocycles. The van der Waals surface area contributed by atoms with E-state index in [1.54, 1.807) is 6.92 Å². The first-order chi connectivity index (χ1) is 1.00. The Morgan fingerprint density at radius 2 is 1.25 bits per heavy atom. The van der Waals surface area contributed by atoms with Crippen LogP contribution in [0.5, 0.6) is 0 Å². The van der Waals surface area contributed by atoms with Gasteiger partial charge in [-0.1, -0.05) is 0 Å². The Kier molecular flexibility index (Phi) is 548. The first-order valence-corrected chi connectivity index (χ1v) is 0.707. The molecule has 0 bridgehead atoms. The normalized spacial score (nSPS) is 1.50. The van der Waals surface area contributed by atoms with Gasteiger partial charge in [0.15, 0.2) is 0 Å². The monoisotopic (exact) mass is 102 g/mol. The van der Waals surface area contributed by atoms with Crippen LogP contribution in [0.4, 0.5) is 0 Å². The van der Waals surface area contributed by atoms with Crippen LogP contribution in [-0.4, -0.2) is 0 Å². The smallest absolute Gasteiger partial charge is 0.358 e. The van der Waals surface area contributed by atoms with Gasteiger partial charge in [0.1, 0.15) is 0 Å². The van der Waals surface area contributed by atoms with Crippen LogP contribution in [0, 0.1) is 14.4 Å². The molecular weight excluding hydrogens is 94.7 g/mol. The molecule has 4 heavy (non-hydrogen) atoms. The molecule has 0 unspecified atom stereocenters. The van der Waals surface area contributed by atoms with Gasteiger partial charge in [-0.25, -0.2) is 0 Å². The third-order valence-electron chi connectivity index (χ3n) is 0. The average Bonchev–Trinajstić information content (AvgIpc) is 1.00. The Hall–Kier alpha value is 0.494. The van der Waals surface area contributed by atoms with Crippen LogP contribution < -0.4 is 0 Å². The summed E-state index contributed by atoms with van der Waals surface area (Å²) in [7, 11) is 0. The summed E-state index contributed by atoms with van der Waals surface area (Å²) in [6.07, 6.45) is 0. The summed E-state index contributed by atoms with van der Waals surface area (Å²) in [5, 5.41) is 0. The van der Waals surface area contributed by atoms with Crippen molar-refractivity contribution in [2.24, 2.45) is 0 Å². The molecule has 0 aliphatic carbocycles. The van der Waals surface area contributed by atoms with E-state index in [1.807, 2.05) is 0 Å². The van der Waals surface area contributed by atoms with Gasteiger partial charge in [0.25, 0.3) is 0 Å². The van der Waals surface area contributed by atoms with Crippen molar-refractivity contribution >= 4 is 0 Å². The molecule has 0 aromatic carbocycles. The third-order valence-corrected chi connectivity index (χ3v) is 0. The van der Waals surface area contributed by atoms with Gasteiger partial charge < -0.3 is 14.4 Å². The maximum atomic E-state index is 3.25. The van der Waals surface area contributed by atoms with E-state index in [1.165, 1.54) is 0 Å². The van der Waals surface area contributed by atoms with E-state index in [0.717, 1.165) is 0 Å². The molecule has 0 aliphatic rings. The molecule has 0 rings (SSSR count). The molecule has 0 saturated carbocycles. The molecular formula is C3H8Ni+. The van der Waals surface area contributed by atoms with Crippen LogP contribution in [0.15, 0.2) is 0 Å². The zero-order valence-corrected chi connectivity index (χ0v) is 4.01. The van der Waals surface area contributed by atoms with Crippen molar-refractivity contribution in [2.45, 2.75) is 6.92 Å². The molecule has 29 valence electrons. The van der Waals surface area contributed by atoms with E-state index >= 15 is 0 Å². The SMILES string of the molecule is [CH2-]C.[CH3-].[Ni+3]. The van der Waals surface area contributed by atoms with Crippen molar-refractivity contribution in [1.82, 2.24) is 0 Å². The van der Waals surface area contributed by atoms with E-state index in [2.05, 4.69) is 6.92 Å². The summed E-state index contributed by atoms with van der Waals surface area (Å²) in [6.45, 7) is 5.00. The molecule has 0 nitrogen and oxygen atoms in total. The molecule has 0 spiro atoms. The van der Waals surface area contributed by atoms with Crippen LogP contribution in [0.3, 0.4) is 0 Å². The van der Waals surface area contributed by atoms with Gasteiger partial charge in [-0.2, -0.15) is 6.92 Å². The quantitative estimate of drug-likeness (QED) is 0.320. The van der Waals surface area contributed by atoms with Crippen molar-refractivity contribution in [3.05, 3.63) is 14.4 Å². The zero-order chi connectivity index (χ0) is 2.00. The fourth-order valence-corrected chi connectivity index (χ4v) is 0. The number of hydrogen-bond acceptors (Lipinski definition) is 0. The first kappa shape index (κ1) is 24.6. The summed E-state index contributed by atoms with van der Waals surface area (Å²) >= 11 is 0. The van der Waals surface area contributed by atoms with Gasteiger partial charge in [-0.05, 0) is 0 Å². The van der Waals surface area contributed by atoms with Crippen molar-refractivity contribution in [2.75, 3.05) is 0 Å².